The van der Waals surface area contributed by atoms with Crippen LogP contribution in [0.25, 0.3) is 10.8 Å². The van der Waals surface area contributed by atoms with Crippen LogP contribution in [0, 0.1) is 0 Å². The Morgan fingerprint density at radius 1 is 1.27 bits per heavy atom. The Bertz CT molecular complexity index is 800. The van der Waals surface area contributed by atoms with E-state index in [0.717, 1.165) is 4.88 Å². The largest absolute Gasteiger partial charge is 0.443 e. The Balaban J connectivity index is 1.68. The van der Waals surface area contributed by atoms with Gasteiger partial charge >= 0.3 is 0 Å². The van der Waals surface area contributed by atoms with Crippen molar-refractivity contribution in [3.8, 4) is 10.8 Å². The van der Waals surface area contributed by atoms with Gasteiger partial charge in [-0.3, -0.25) is 4.79 Å². The molecule has 0 spiro atoms. The molecule has 4 nitrogen and oxygen atoms in total. The third-order valence-electron chi connectivity index (χ3n) is 2.91. The van der Waals surface area contributed by atoms with Crippen molar-refractivity contribution in [1.29, 1.82) is 0 Å². The monoisotopic (exact) mass is 352 g/mol. The molecule has 0 aliphatic rings. The van der Waals surface area contributed by atoms with Crippen molar-refractivity contribution in [2.24, 2.45) is 0 Å². The van der Waals surface area contributed by atoms with Crippen LogP contribution in [-0.4, -0.2) is 10.9 Å². The van der Waals surface area contributed by atoms with Gasteiger partial charge in [-0.1, -0.05) is 35.3 Å². The van der Waals surface area contributed by atoms with Crippen LogP contribution < -0.4 is 5.32 Å². The molecule has 0 fully saturated rings. The fourth-order valence-corrected chi connectivity index (χ4v) is 2.89. The smallest absolute Gasteiger partial charge is 0.253 e. The maximum Gasteiger partial charge on any atom is 0.253 e. The highest BCUT2D eigenvalue weighted by molar-refractivity contribution is 7.13. The van der Waals surface area contributed by atoms with Gasteiger partial charge in [0.15, 0.2) is 0 Å². The van der Waals surface area contributed by atoms with Crippen molar-refractivity contribution in [2.75, 3.05) is 0 Å². The summed E-state index contributed by atoms with van der Waals surface area (Å²) in [5.74, 6) is 0.230. The van der Waals surface area contributed by atoms with Crippen molar-refractivity contribution in [2.45, 2.75) is 6.54 Å². The lowest BCUT2D eigenvalue weighted by Gasteiger charge is -2.05. The first-order valence-corrected chi connectivity index (χ1v) is 7.99. The Morgan fingerprint density at radius 2 is 2.14 bits per heavy atom. The summed E-state index contributed by atoms with van der Waals surface area (Å²) in [5.41, 5.74) is 0.964. The lowest BCUT2D eigenvalue weighted by molar-refractivity contribution is 0.0950. The molecule has 0 bridgehead atoms. The highest BCUT2D eigenvalue weighted by Gasteiger charge is 2.13. The molecule has 0 unspecified atom stereocenters. The van der Waals surface area contributed by atoms with Crippen molar-refractivity contribution in [1.82, 2.24) is 10.3 Å². The number of carbonyl (C=O) groups excluding carboxylic acids is 1. The zero-order chi connectivity index (χ0) is 15.5. The number of carbonyl (C=O) groups is 1. The molecule has 0 aliphatic carbocycles. The molecule has 112 valence electrons. The van der Waals surface area contributed by atoms with Crippen LogP contribution in [0.4, 0.5) is 0 Å². The Kier molecular flexibility index (Phi) is 4.47. The Labute approximate surface area is 140 Å². The maximum absolute atomic E-state index is 12.1. The first-order chi connectivity index (χ1) is 10.6. The highest BCUT2D eigenvalue weighted by atomic mass is 35.5. The molecule has 0 aliphatic heterocycles. The zero-order valence-corrected chi connectivity index (χ0v) is 13.5. The minimum absolute atomic E-state index is 0.237. The summed E-state index contributed by atoms with van der Waals surface area (Å²) in [6.45, 7) is 0.247. The first-order valence-electron chi connectivity index (χ1n) is 6.35. The van der Waals surface area contributed by atoms with E-state index in [-0.39, 0.29) is 17.5 Å². The summed E-state index contributed by atoms with van der Waals surface area (Å²) in [6.07, 6.45) is 1.52. The molecule has 2 aromatic heterocycles. The summed E-state index contributed by atoms with van der Waals surface area (Å²) in [5, 5.41) is 5.27. The van der Waals surface area contributed by atoms with Crippen LogP contribution in [0.5, 0.6) is 0 Å². The molecule has 1 amide bonds. The summed E-state index contributed by atoms with van der Waals surface area (Å²) in [6, 6.07) is 8.76. The van der Waals surface area contributed by atoms with Gasteiger partial charge in [-0.15, -0.1) is 11.3 Å². The SMILES string of the molecule is O=C(NCc1coc(-c2cccs2)n1)c1cccc(Cl)c1Cl. The average Bonchev–Trinajstić information content (AvgIpc) is 3.18. The molecule has 0 atom stereocenters. The number of aromatic nitrogens is 1. The first kappa shape index (κ1) is 15.1. The topological polar surface area (TPSA) is 55.1 Å². The molecule has 7 heteroatoms. The predicted octanol–water partition coefficient (Wildman–Crippen LogP) is 4.64. The molecule has 0 radical (unpaired) electrons. The van der Waals surface area contributed by atoms with Gasteiger partial charge < -0.3 is 9.73 Å². The third-order valence-corrected chi connectivity index (χ3v) is 4.59. The van der Waals surface area contributed by atoms with Gasteiger partial charge in [-0.05, 0) is 23.6 Å². The number of amides is 1. The summed E-state index contributed by atoms with van der Waals surface area (Å²) >= 11 is 13.5. The molecule has 3 rings (SSSR count). The molecule has 1 N–H and O–H groups in total. The number of nitrogens with one attached hydrogen (secondary N) is 1. The van der Waals surface area contributed by atoms with Crippen molar-refractivity contribution in [3.05, 3.63) is 63.3 Å². The van der Waals surface area contributed by atoms with E-state index in [1.807, 2.05) is 17.5 Å². The van der Waals surface area contributed by atoms with E-state index < -0.39 is 0 Å². The minimum Gasteiger partial charge on any atom is -0.443 e. The normalized spacial score (nSPS) is 10.6. The van der Waals surface area contributed by atoms with E-state index in [2.05, 4.69) is 10.3 Å². The van der Waals surface area contributed by atoms with Crippen LogP contribution in [0.2, 0.25) is 10.0 Å². The second-order valence-corrected chi connectivity index (χ2v) is 6.14. The molecular weight excluding hydrogens is 343 g/mol. The summed E-state index contributed by atoms with van der Waals surface area (Å²) in [7, 11) is 0. The van der Waals surface area contributed by atoms with E-state index in [1.165, 1.54) is 17.6 Å². The van der Waals surface area contributed by atoms with Crippen LogP contribution in [0.15, 0.2) is 46.4 Å². The molecule has 0 saturated carbocycles. The van der Waals surface area contributed by atoms with Gasteiger partial charge in [0.2, 0.25) is 5.89 Å². The molecule has 1 aromatic carbocycles. The summed E-state index contributed by atoms with van der Waals surface area (Å²) in [4.78, 5) is 17.4. The predicted molar refractivity (Wildman–Crippen MR) is 87.4 cm³/mol. The number of hydrogen-bond acceptors (Lipinski definition) is 4. The second kappa shape index (κ2) is 6.52. The van der Waals surface area contributed by atoms with E-state index in [0.29, 0.717) is 22.2 Å². The number of benzene rings is 1. The van der Waals surface area contributed by atoms with E-state index in [9.17, 15) is 4.79 Å². The van der Waals surface area contributed by atoms with Crippen molar-refractivity contribution >= 4 is 40.4 Å². The van der Waals surface area contributed by atoms with Crippen molar-refractivity contribution < 1.29 is 9.21 Å². The summed E-state index contributed by atoms with van der Waals surface area (Å²) < 4.78 is 5.39. The number of oxazole rings is 1. The lowest BCUT2D eigenvalue weighted by Crippen LogP contribution is -2.23. The van der Waals surface area contributed by atoms with Gasteiger partial charge in [0.25, 0.3) is 5.91 Å². The molecule has 0 saturated heterocycles. The molecular formula is C15H10Cl2N2O2S. The third kappa shape index (κ3) is 3.16. The molecule has 2 heterocycles. The van der Waals surface area contributed by atoms with Gasteiger partial charge in [-0.25, -0.2) is 4.98 Å². The van der Waals surface area contributed by atoms with E-state index in [1.54, 1.807) is 18.2 Å². The minimum atomic E-state index is -0.312. The van der Waals surface area contributed by atoms with Gasteiger partial charge in [0, 0.05) is 0 Å². The number of hydrogen-bond donors (Lipinski definition) is 1. The standard InChI is InChI=1S/C15H10Cl2N2O2S/c16-11-4-1-3-10(13(11)17)14(20)18-7-9-8-21-15(19-9)12-5-2-6-22-12/h1-6,8H,7H2,(H,18,20). The van der Waals surface area contributed by atoms with Gasteiger partial charge in [-0.2, -0.15) is 0 Å². The number of thiophene rings is 1. The Hall–Kier alpha value is -1.82. The fraction of sp³-hybridized carbons (Fsp3) is 0.0667. The van der Waals surface area contributed by atoms with Crippen LogP contribution in [0.1, 0.15) is 16.1 Å². The molecule has 22 heavy (non-hydrogen) atoms. The van der Waals surface area contributed by atoms with Crippen molar-refractivity contribution in [3.63, 3.8) is 0 Å². The van der Waals surface area contributed by atoms with Gasteiger partial charge in [0.05, 0.1) is 32.7 Å². The van der Waals surface area contributed by atoms with Crippen LogP contribution in [-0.2, 0) is 6.54 Å². The lowest BCUT2D eigenvalue weighted by atomic mass is 10.2. The fourth-order valence-electron chi connectivity index (χ4n) is 1.85. The second-order valence-electron chi connectivity index (χ2n) is 4.41. The highest BCUT2D eigenvalue weighted by Crippen LogP contribution is 2.26. The Morgan fingerprint density at radius 3 is 2.91 bits per heavy atom. The number of halogens is 2. The van der Waals surface area contributed by atoms with Gasteiger partial charge in [0.1, 0.15) is 6.26 Å². The van der Waals surface area contributed by atoms with Crippen LogP contribution in [0.3, 0.4) is 0 Å². The maximum atomic E-state index is 12.1. The number of nitrogens with zero attached hydrogens (tertiary/aromatic N) is 1. The number of rotatable bonds is 4. The van der Waals surface area contributed by atoms with Crippen LogP contribution >= 0.6 is 34.5 Å². The zero-order valence-electron chi connectivity index (χ0n) is 11.2. The quantitative estimate of drug-likeness (QED) is 0.743. The van der Waals surface area contributed by atoms with E-state index in [4.69, 9.17) is 27.6 Å². The molecule has 3 aromatic rings. The average molecular weight is 353 g/mol. The van der Waals surface area contributed by atoms with E-state index >= 15 is 0 Å².